The third kappa shape index (κ3) is 6.74. The second-order valence-corrected chi connectivity index (χ2v) is 7.27. The Hall–Kier alpha value is -3.71. The minimum absolute atomic E-state index is 0.0610. The number of halogens is 9. The fraction of sp³-hybridized carbons (Fsp3) is 0.304. The van der Waals surface area contributed by atoms with E-state index in [1.54, 1.807) is 0 Å². The smallest absolute Gasteiger partial charge is 0.460 e. The SMILES string of the molecule is C=CCOc1ccc(C(=O)Oc2ccc(C(=O)OCCC(F)(F)C(F)(F)C(F)(F)C(F)(F)F)cc2)cc1. The Labute approximate surface area is 203 Å². The van der Waals surface area contributed by atoms with E-state index in [4.69, 9.17) is 9.47 Å². The molecule has 0 fully saturated rings. The van der Waals surface area contributed by atoms with Gasteiger partial charge < -0.3 is 14.2 Å². The molecule has 0 aliphatic heterocycles. The first-order chi connectivity index (χ1) is 17.0. The average Bonchev–Trinajstić information content (AvgIpc) is 2.82. The van der Waals surface area contributed by atoms with Crippen LogP contribution in [0.25, 0.3) is 0 Å². The number of alkyl halides is 9. The number of hydrogen-bond acceptors (Lipinski definition) is 5. The number of esters is 2. The number of ether oxygens (including phenoxy) is 3. The van der Waals surface area contributed by atoms with Crippen molar-refractivity contribution in [2.75, 3.05) is 13.2 Å². The number of carbonyl (C=O) groups is 2. The Bertz CT molecular complexity index is 1100. The van der Waals surface area contributed by atoms with E-state index >= 15 is 0 Å². The van der Waals surface area contributed by atoms with E-state index in [1.807, 2.05) is 0 Å². The van der Waals surface area contributed by atoms with Crippen LogP contribution in [0.4, 0.5) is 39.5 Å². The molecule has 37 heavy (non-hydrogen) atoms. The van der Waals surface area contributed by atoms with Gasteiger partial charge in [0.2, 0.25) is 0 Å². The molecule has 0 unspecified atom stereocenters. The Morgan fingerprint density at radius 3 is 1.70 bits per heavy atom. The Balaban J connectivity index is 1.94. The fourth-order valence-corrected chi connectivity index (χ4v) is 2.59. The first-order valence-electron chi connectivity index (χ1n) is 10.1. The lowest BCUT2D eigenvalue weighted by Gasteiger charge is -2.33. The monoisotopic (exact) mass is 544 g/mol. The van der Waals surface area contributed by atoms with Crippen molar-refractivity contribution in [1.29, 1.82) is 0 Å². The van der Waals surface area contributed by atoms with E-state index in [-0.39, 0.29) is 23.5 Å². The lowest BCUT2D eigenvalue weighted by Crippen LogP contribution is -2.61. The van der Waals surface area contributed by atoms with Crippen LogP contribution in [-0.4, -0.2) is 49.1 Å². The molecule has 0 amide bonds. The second-order valence-electron chi connectivity index (χ2n) is 7.27. The largest absolute Gasteiger partial charge is 0.490 e. The van der Waals surface area contributed by atoms with Gasteiger partial charge in [-0.05, 0) is 48.5 Å². The van der Waals surface area contributed by atoms with Gasteiger partial charge >= 0.3 is 35.9 Å². The van der Waals surface area contributed by atoms with Crippen molar-refractivity contribution < 1.29 is 63.3 Å². The van der Waals surface area contributed by atoms with Crippen LogP contribution in [0.2, 0.25) is 0 Å². The van der Waals surface area contributed by atoms with Gasteiger partial charge in [0.05, 0.1) is 24.2 Å². The molecule has 0 bridgehead atoms. The summed E-state index contributed by atoms with van der Waals surface area (Å²) in [5.41, 5.74) is -0.206. The van der Waals surface area contributed by atoms with Crippen molar-refractivity contribution in [3.63, 3.8) is 0 Å². The van der Waals surface area contributed by atoms with E-state index in [0.717, 1.165) is 24.3 Å². The van der Waals surface area contributed by atoms with Crippen LogP contribution < -0.4 is 9.47 Å². The third-order valence-corrected chi connectivity index (χ3v) is 4.62. The molecule has 5 nitrogen and oxygen atoms in total. The zero-order chi connectivity index (χ0) is 28.1. The zero-order valence-electron chi connectivity index (χ0n) is 18.5. The van der Waals surface area contributed by atoms with E-state index in [0.29, 0.717) is 5.75 Å². The number of hydrogen-bond donors (Lipinski definition) is 0. The summed E-state index contributed by atoms with van der Waals surface area (Å²) in [5.74, 6) is -21.4. The molecule has 202 valence electrons. The second kappa shape index (κ2) is 11.1. The number of rotatable bonds is 11. The molecule has 0 N–H and O–H groups in total. The van der Waals surface area contributed by atoms with Crippen LogP contribution in [0, 0.1) is 0 Å². The quantitative estimate of drug-likeness (QED) is 0.140. The summed E-state index contributed by atoms with van der Waals surface area (Å²) in [7, 11) is 0. The summed E-state index contributed by atoms with van der Waals surface area (Å²) in [4.78, 5) is 24.1. The van der Waals surface area contributed by atoms with E-state index in [1.165, 1.54) is 30.3 Å². The standard InChI is InChI=1S/C23H17F9O5/c1-2-12-35-16-7-3-15(4-8-16)19(34)37-17-9-5-14(6-10-17)18(33)36-13-11-20(24,25)21(26,27)22(28,29)23(30,31)32/h2-10H,1,11-13H2. The highest BCUT2D eigenvalue weighted by Crippen LogP contribution is 2.53. The molecule has 0 radical (unpaired) electrons. The van der Waals surface area contributed by atoms with Gasteiger partial charge in [0, 0.05) is 0 Å². The molecule has 2 rings (SSSR count). The Kier molecular flexibility index (Phi) is 8.88. The molecular formula is C23H17F9O5. The first kappa shape index (κ1) is 29.5. The normalized spacial score (nSPS) is 12.6. The average molecular weight is 544 g/mol. The highest BCUT2D eigenvalue weighted by molar-refractivity contribution is 5.92. The van der Waals surface area contributed by atoms with Crippen LogP contribution >= 0.6 is 0 Å². The lowest BCUT2D eigenvalue weighted by molar-refractivity contribution is -0.397. The van der Waals surface area contributed by atoms with Crippen molar-refractivity contribution in [3.05, 3.63) is 72.3 Å². The number of carbonyl (C=O) groups excluding carboxylic acids is 2. The molecule has 0 spiro atoms. The van der Waals surface area contributed by atoms with Gasteiger partial charge in [-0.25, -0.2) is 9.59 Å². The predicted octanol–water partition coefficient (Wildman–Crippen LogP) is 6.49. The summed E-state index contributed by atoms with van der Waals surface area (Å²) in [6, 6.07) is 10.0. The minimum atomic E-state index is -7.03. The van der Waals surface area contributed by atoms with Crippen LogP contribution in [0.1, 0.15) is 27.1 Å². The molecule has 0 aliphatic rings. The van der Waals surface area contributed by atoms with Crippen molar-refractivity contribution in [3.8, 4) is 11.5 Å². The molecule has 0 aliphatic carbocycles. The molecule has 0 atom stereocenters. The van der Waals surface area contributed by atoms with Gasteiger partial charge in [0.25, 0.3) is 0 Å². The highest BCUT2D eigenvalue weighted by atomic mass is 19.4. The van der Waals surface area contributed by atoms with Gasteiger partial charge in [0.15, 0.2) is 0 Å². The molecule has 2 aromatic rings. The van der Waals surface area contributed by atoms with Crippen LogP contribution in [0.5, 0.6) is 11.5 Å². The molecule has 14 heteroatoms. The maximum absolute atomic E-state index is 13.5. The van der Waals surface area contributed by atoms with Crippen molar-refractivity contribution in [2.45, 2.75) is 30.4 Å². The Morgan fingerprint density at radius 1 is 0.730 bits per heavy atom. The maximum atomic E-state index is 13.5. The molecule has 0 heterocycles. The van der Waals surface area contributed by atoms with E-state index in [2.05, 4.69) is 11.3 Å². The van der Waals surface area contributed by atoms with E-state index in [9.17, 15) is 49.1 Å². The molecule has 0 saturated heterocycles. The first-order valence-corrected chi connectivity index (χ1v) is 10.1. The topological polar surface area (TPSA) is 61.8 Å². The summed E-state index contributed by atoms with van der Waals surface area (Å²) in [5, 5.41) is 0. The summed E-state index contributed by atoms with van der Waals surface area (Å²) in [6.45, 7) is 2.14. The van der Waals surface area contributed by atoms with Crippen molar-refractivity contribution in [1.82, 2.24) is 0 Å². The molecule has 0 saturated carbocycles. The van der Waals surface area contributed by atoms with Gasteiger partial charge in [0.1, 0.15) is 18.1 Å². The van der Waals surface area contributed by atoms with Crippen molar-refractivity contribution >= 4 is 11.9 Å². The fourth-order valence-electron chi connectivity index (χ4n) is 2.59. The Morgan fingerprint density at radius 2 is 1.22 bits per heavy atom. The summed E-state index contributed by atoms with van der Waals surface area (Å²) >= 11 is 0. The van der Waals surface area contributed by atoms with Gasteiger partial charge in [-0.3, -0.25) is 0 Å². The van der Waals surface area contributed by atoms with Crippen LogP contribution in [0.15, 0.2) is 61.2 Å². The highest BCUT2D eigenvalue weighted by Gasteiger charge is 2.81. The minimum Gasteiger partial charge on any atom is -0.490 e. The molecule has 2 aromatic carbocycles. The van der Waals surface area contributed by atoms with Gasteiger partial charge in [-0.2, -0.15) is 39.5 Å². The molecular weight excluding hydrogens is 527 g/mol. The van der Waals surface area contributed by atoms with Crippen molar-refractivity contribution in [2.24, 2.45) is 0 Å². The predicted molar refractivity (Wildman–Crippen MR) is 109 cm³/mol. The maximum Gasteiger partial charge on any atom is 0.460 e. The van der Waals surface area contributed by atoms with Gasteiger partial charge in [-0.1, -0.05) is 12.7 Å². The van der Waals surface area contributed by atoms with Crippen LogP contribution in [-0.2, 0) is 4.74 Å². The zero-order valence-corrected chi connectivity index (χ0v) is 18.5. The van der Waals surface area contributed by atoms with Crippen LogP contribution in [0.3, 0.4) is 0 Å². The lowest BCUT2D eigenvalue weighted by atomic mass is 10.0. The molecule has 0 aromatic heterocycles. The van der Waals surface area contributed by atoms with E-state index < -0.39 is 48.9 Å². The van der Waals surface area contributed by atoms with Gasteiger partial charge in [-0.15, -0.1) is 0 Å². The summed E-state index contributed by atoms with van der Waals surface area (Å²) < 4.78 is 130. The third-order valence-electron chi connectivity index (χ3n) is 4.62. The number of benzene rings is 2. The summed E-state index contributed by atoms with van der Waals surface area (Å²) in [6.07, 6.45) is -7.73.